The van der Waals surface area contributed by atoms with E-state index in [0.29, 0.717) is 18.8 Å². The molecule has 0 aromatic carbocycles. The lowest BCUT2D eigenvalue weighted by Crippen LogP contribution is -2.42. The first-order valence-corrected chi connectivity index (χ1v) is 15.1. The molecule has 0 heterocycles. The van der Waals surface area contributed by atoms with Gasteiger partial charge >= 0.3 is 11.9 Å². The number of carbonyl (C=O) groups excluding carboxylic acids is 1. The van der Waals surface area contributed by atoms with Crippen molar-refractivity contribution in [1.29, 1.82) is 0 Å². The number of aliphatic carboxylic acids is 1. The molecule has 1 aliphatic rings. The fraction of sp³-hybridized carbons (Fsp3) is 0.875. The van der Waals surface area contributed by atoms with Crippen LogP contribution in [0.4, 0.5) is 0 Å². The molecule has 0 saturated heterocycles. The van der Waals surface area contributed by atoms with Gasteiger partial charge in [0.15, 0.2) is 0 Å². The first-order valence-electron chi connectivity index (χ1n) is 15.1. The second-order valence-electron chi connectivity index (χ2n) is 13.0. The third-order valence-electron chi connectivity index (χ3n) is 7.89. The van der Waals surface area contributed by atoms with E-state index >= 15 is 0 Å². The molecule has 0 aromatic rings. The molecule has 0 radical (unpaired) electrons. The van der Waals surface area contributed by atoms with Crippen LogP contribution in [0.25, 0.3) is 0 Å². The van der Waals surface area contributed by atoms with Crippen molar-refractivity contribution in [2.45, 2.75) is 157 Å². The molecule has 0 aliphatic heterocycles. The fourth-order valence-corrected chi connectivity index (χ4v) is 5.79. The average molecular weight is 507 g/mol. The van der Waals surface area contributed by atoms with Gasteiger partial charge in [-0.1, -0.05) is 111 Å². The Labute approximate surface area is 223 Å². The average Bonchev–Trinajstić information content (AvgIpc) is 2.79. The molecule has 1 N–H and O–H groups in total. The Balaban J connectivity index is 2.56. The monoisotopic (exact) mass is 506 g/mol. The van der Waals surface area contributed by atoms with E-state index in [9.17, 15) is 14.7 Å². The number of allylic oxidation sites excluding steroid dienone is 1. The second-order valence-corrected chi connectivity index (χ2v) is 13.0. The minimum absolute atomic E-state index is 0.125. The lowest BCUT2D eigenvalue weighted by Gasteiger charge is -2.34. The second kappa shape index (κ2) is 17.2. The maximum absolute atomic E-state index is 13.3. The SMILES string of the molecule is CCCCCCCCCCCCCC(CCC(C)CC(C)(C)C)OC(=O)C1(C)C=CCCC1C(=O)O. The largest absolute Gasteiger partial charge is 0.481 e. The number of carbonyl (C=O) groups is 2. The molecule has 4 heteroatoms. The van der Waals surface area contributed by atoms with Gasteiger partial charge in [-0.15, -0.1) is 0 Å². The summed E-state index contributed by atoms with van der Waals surface area (Å²) in [4.78, 5) is 25.1. The molecule has 4 unspecified atom stereocenters. The minimum atomic E-state index is -1.07. The zero-order valence-electron chi connectivity index (χ0n) is 24.6. The number of ether oxygens (including phenoxy) is 1. The highest BCUT2D eigenvalue weighted by molar-refractivity contribution is 5.86. The van der Waals surface area contributed by atoms with Crippen molar-refractivity contribution in [1.82, 2.24) is 0 Å². The molecule has 1 rings (SSSR count). The van der Waals surface area contributed by atoms with Crippen LogP contribution in [-0.2, 0) is 14.3 Å². The number of carboxylic acids is 1. The topological polar surface area (TPSA) is 63.6 Å². The molecule has 210 valence electrons. The third-order valence-corrected chi connectivity index (χ3v) is 7.89. The fourth-order valence-electron chi connectivity index (χ4n) is 5.79. The summed E-state index contributed by atoms with van der Waals surface area (Å²) in [5.41, 5.74) is -0.785. The van der Waals surface area contributed by atoms with Gasteiger partial charge in [-0.2, -0.15) is 0 Å². The van der Waals surface area contributed by atoms with Crippen LogP contribution in [0.5, 0.6) is 0 Å². The molecule has 0 bridgehead atoms. The standard InChI is InChI=1S/C32H58O4/c1-7-8-9-10-11-12-13-14-15-16-17-20-27(23-22-26(2)25-31(3,4)5)36-30(35)32(6)24-19-18-21-28(32)29(33)34/h19,24,26-28H,7-18,20-23,25H2,1-6H3,(H,33,34). The highest BCUT2D eigenvalue weighted by Crippen LogP contribution is 2.39. The quantitative estimate of drug-likeness (QED) is 0.108. The lowest BCUT2D eigenvalue weighted by molar-refractivity contribution is -0.168. The van der Waals surface area contributed by atoms with Crippen LogP contribution in [0, 0.1) is 22.7 Å². The van der Waals surface area contributed by atoms with Gasteiger partial charge in [0.05, 0.1) is 11.3 Å². The van der Waals surface area contributed by atoms with E-state index in [1.54, 1.807) is 13.0 Å². The Hall–Kier alpha value is -1.32. The number of unbranched alkanes of at least 4 members (excludes halogenated alkanes) is 10. The van der Waals surface area contributed by atoms with Crippen LogP contribution < -0.4 is 0 Å². The zero-order chi connectivity index (χ0) is 27.0. The molecule has 4 atom stereocenters. The van der Waals surface area contributed by atoms with E-state index in [1.807, 2.05) is 6.08 Å². The van der Waals surface area contributed by atoms with E-state index in [4.69, 9.17) is 4.74 Å². The first kappa shape index (κ1) is 32.7. The Morgan fingerprint density at radius 1 is 0.944 bits per heavy atom. The maximum Gasteiger partial charge on any atom is 0.316 e. The lowest BCUT2D eigenvalue weighted by atomic mass is 9.71. The van der Waals surface area contributed by atoms with Gasteiger partial charge in [0, 0.05) is 0 Å². The summed E-state index contributed by atoms with van der Waals surface area (Å²) in [5, 5.41) is 9.72. The number of esters is 1. The van der Waals surface area contributed by atoms with Crippen LogP contribution in [0.3, 0.4) is 0 Å². The summed E-state index contributed by atoms with van der Waals surface area (Å²) >= 11 is 0. The van der Waals surface area contributed by atoms with Crippen molar-refractivity contribution in [2.75, 3.05) is 0 Å². The van der Waals surface area contributed by atoms with Crippen molar-refractivity contribution < 1.29 is 19.4 Å². The molecule has 0 amide bonds. The van der Waals surface area contributed by atoms with E-state index in [0.717, 1.165) is 32.1 Å². The van der Waals surface area contributed by atoms with Crippen molar-refractivity contribution in [3.8, 4) is 0 Å². The maximum atomic E-state index is 13.3. The van der Waals surface area contributed by atoms with Gasteiger partial charge in [-0.3, -0.25) is 9.59 Å². The van der Waals surface area contributed by atoms with Crippen LogP contribution in [0.1, 0.15) is 151 Å². The molecule has 0 fully saturated rings. The summed E-state index contributed by atoms with van der Waals surface area (Å²) in [7, 11) is 0. The summed E-state index contributed by atoms with van der Waals surface area (Å²) in [5.74, 6) is -1.40. The molecule has 4 nitrogen and oxygen atoms in total. The van der Waals surface area contributed by atoms with Crippen LogP contribution >= 0.6 is 0 Å². The Morgan fingerprint density at radius 3 is 2.03 bits per heavy atom. The molecule has 1 aliphatic carbocycles. The Bertz CT molecular complexity index is 647. The molecule has 36 heavy (non-hydrogen) atoms. The Morgan fingerprint density at radius 2 is 1.50 bits per heavy atom. The molecule has 0 aromatic heterocycles. The highest BCUT2D eigenvalue weighted by atomic mass is 16.5. The van der Waals surface area contributed by atoms with Crippen molar-refractivity contribution in [3.63, 3.8) is 0 Å². The molecular formula is C32H58O4. The van der Waals surface area contributed by atoms with Gasteiger partial charge in [-0.05, 0) is 63.2 Å². The summed E-state index contributed by atoms with van der Waals surface area (Å²) in [6.07, 6.45) is 23.0. The number of hydrogen-bond acceptors (Lipinski definition) is 3. The van der Waals surface area contributed by atoms with E-state index < -0.39 is 17.3 Å². The predicted molar refractivity (Wildman–Crippen MR) is 151 cm³/mol. The van der Waals surface area contributed by atoms with Crippen LogP contribution in [0.15, 0.2) is 12.2 Å². The van der Waals surface area contributed by atoms with Gasteiger partial charge in [0.1, 0.15) is 6.10 Å². The van der Waals surface area contributed by atoms with Crippen LogP contribution in [0.2, 0.25) is 0 Å². The predicted octanol–water partition coefficient (Wildman–Crippen LogP) is 9.51. The summed E-state index contributed by atoms with van der Waals surface area (Å²) in [6, 6.07) is 0. The number of hydrogen-bond donors (Lipinski definition) is 1. The summed E-state index contributed by atoms with van der Waals surface area (Å²) in [6.45, 7) is 13.1. The van der Waals surface area contributed by atoms with Gasteiger partial charge < -0.3 is 9.84 Å². The minimum Gasteiger partial charge on any atom is -0.481 e. The van der Waals surface area contributed by atoms with Gasteiger partial charge in [0.2, 0.25) is 0 Å². The van der Waals surface area contributed by atoms with Crippen molar-refractivity contribution >= 4 is 11.9 Å². The molecule has 0 saturated carbocycles. The number of carboxylic acid groups (broad SMARTS) is 1. The van der Waals surface area contributed by atoms with Crippen molar-refractivity contribution in [3.05, 3.63) is 12.2 Å². The van der Waals surface area contributed by atoms with Crippen LogP contribution in [-0.4, -0.2) is 23.1 Å². The summed E-state index contributed by atoms with van der Waals surface area (Å²) < 4.78 is 6.09. The van der Waals surface area contributed by atoms with E-state index in [-0.39, 0.29) is 17.5 Å². The van der Waals surface area contributed by atoms with E-state index in [2.05, 4.69) is 34.6 Å². The normalized spacial score (nSPS) is 21.8. The third kappa shape index (κ3) is 13.3. The smallest absolute Gasteiger partial charge is 0.316 e. The van der Waals surface area contributed by atoms with Gasteiger partial charge in [0.25, 0.3) is 0 Å². The Kier molecular flexibility index (Phi) is 15.7. The highest BCUT2D eigenvalue weighted by Gasteiger charge is 2.46. The van der Waals surface area contributed by atoms with Gasteiger partial charge in [-0.25, -0.2) is 0 Å². The molecule has 0 spiro atoms. The number of rotatable bonds is 19. The van der Waals surface area contributed by atoms with E-state index in [1.165, 1.54) is 64.2 Å². The zero-order valence-corrected chi connectivity index (χ0v) is 24.6. The first-order chi connectivity index (χ1) is 17.0. The van der Waals surface area contributed by atoms with Crippen molar-refractivity contribution in [2.24, 2.45) is 22.7 Å². The molecular weight excluding hydrogens is 448 g/mol.